The van der Waals surface area contributed by atoms with Crippen LogP contribution in [0, 0.1) is 0 Å². The van der Waals surface area contributed by atoms with E-state index < -0.39 is 0 Å². The van der Waals surface area contributed by atoms with Crippen molar-refractivity contribution in [3.8, 4) is 16.9 Å². The molecule has 4 aromatic rings. The van der Waals surface area contributed by atoms with Crippen molar-refractivity contribution in [1.82, 2.24) is 14.5 Å². The molecule has 0 unspecified atom stereocenters. The van der Waals surface area contributed by atoms with Gasteiger partial charge >= 0.3 is 0 Å². The van der Waals surface area contributed by atoms with Gasteiger partial charge in [-0.1, -0.05) is 80.6 Å². The van der Waals surface area contributed by atoms with Crippen molar-refractivity contribution in [3.05, 3.63) is 115 Å². The number of hydrogen-bond donors (Lipinski definition) is 1. The van der Waals surface area contributed by atoms with E-state index in [2.05, 4.69) is 37.9 Å². The Hall–Kier alpha value is -4.45. The van der Waals surface area contributed by atoms with E-state index in [-0.39, 0.29) is 24.9 Å². The largest absolute Gasteiger partial charge is 0.326 e. The van der Waals surface area contributed by atoms with Gasteiger partial charge in [-0.2, -0.15) is 0 Å². The van der Waals surface area contributed by atoms with Gasteiger partial charge in [-0.3, -0.25) is 19.5 Å². The van der Waals surface area contributed by atoms with E-state index in [9.17, 15) is 9.59 Å². The zero-order chi connectivity index (χ0) is 25.5. The number of imidazole rings is 1. The summed E-state index contributed by atoms with van der Waals surface area (Å²) in [6.07, 6.45) is 3.52. The quantitative estimate of drug-likeness (QED) is 0.303. The number of benzene rings is 3. The molecule has 0 saturated heterocycles. The van der Waals surface area contributed by atoms with Gasteiger partial charge in [0.2, 0.25) is 11.9 Å². The van der Waals surface area contributed by atoms with Crippen LogP contribution in [0.5, 0.6) is 0 Å². The number of anilines is 1. The second-order valence-corrected chi connectivity index (χ2v) is 8.82. The molecule has 6 nitrogen and oxygen atoms in total. The molecule has 0 atom stereocenters. The lowest BCUT2D eigenvalue weighted by molar-refractivity contribution is -0.116. The van der Waals surface area contributed by atoms with E-state index in [4.69, 9.17) is 4.98 Å². The number of nitrogens with zero attached hydrogens (tertiary/aromatic N) is 3. The lowest BCUT2D eigenvalue weighted by Crippen LogP contribution is -2.38. The standard InChI is InChI=1S/C30H30N4O2/c1-4-19-33(29(36)25-13-9-6-10-14-25)21-28(35)32-30-31-27(24-11-7-5-8-12-24)20-34(30)26-17-15-23(16-18-26)22(2)3/h4-18,20,22H,1,19,21H2,2-3H3,(H,31,32,35). The van der Waals surface area contributed by atoms with Crippen LogP contribution in [0.3, 0.4) is 0 Å². The second kappa shape index (κ2) is 11.3. The summed E-state index contributed by atoms with van der Waals surface area (Å²) < 4.78 is 1.86. The van der Waals surface area contributed by atoms with Crippen molar-refractivity contribution in [1.29, 1.82) is 0 Å². The average Bonchev–Trinajstić information content (AvgIpc) is 3.32. The number of aromatic nitrogens is 2. The first-order valence-electron chi connectivity index (χ1n) is 12.0. The molecular weight excluding hydrogens is 448 g/mol. The molecule has 1 N–H and O–H groups in total. The zero-order valence-corrected chi connectivity index (χ0v) is 20.6. The molecule has 2 amide bonds. The molecule has 182 valence electrons. The van der Waals surface area contributed by atoms with Gasteiger partial charge in [0.05, 0.1) is 5.69 Å². The first-order valence-corrected chi connectivity index (χ1v) is 12.0. The van der Waals surface area contributed by atoms with Crippen molar-refractivity contribution in [2.45, 2.75) is 19.8 Å². The van der Waals surface area contributed by atoms with Crippen LogP contribution in [0.2, 0.25) is 0 Å². The van der Waals surface area contributed by atoms with Crippen LogP contribution < -0.4 is 5.32 Å². The van der Waals surface area contributed by atoms with Crippen molar-refractivity contribution >= 4 is 17.8 Å². The normalized spacial score (nSPS) is 10.8. The van der Waals surface area contributed by atoms with E-state index in [1.54, 1.807) is 30.3 Å². The van der Waals surface area contributed by atoms with Crippen molar-refractivity contribution in [3.63, 3.8) is 0 Å². The molecule has 6 heteroatoms. The summed E-state index contributed by atoms with van der Waals surface area (Å²) in [5.41, 5.74) is 4.31. The number of carbonyl (C=O) groups excluding carboxylic acids is 2. The second-order valence-electron chi connectivity index (χ2n) is 8.82. The Morgan fingerprint density at radius 3 is 2.22 bits per heavy atom. The molecular formula is C30H30N4O2. The molecule has 0 aliphatic carbocycles. The molecule has 0 spiro atoms. The van der Waals surface area contributed by atoms with Gasteiger partial charge in [0.1, 0.15) is 6.54 Å². The van der Waals surface area contributed by atoms with Crippen LogP contribution >= 0.6 is 0 Å². The van der Waals surface area contributed by atoms with Crippen LogP contribution in [-0.4, -0.2) is 39.4 Å². The molecule has 0 fully saturated rings. The van der Waals surface area contributed by atoms with E-state index in [0.29, 0.717) is 17.4 Å². The Bertz CT molecular complexity index is 1330. The van der Waals surface area contributed by atoms with Gasteiger partial charge in [-0.05, 0) is 35.7 Å². The van der Waals surface area contributed by atoms with Gasteiger partial charge in [0, 0.05) is 29.6 Å². The maximum atomic E-state index is 13.1. The minimum absolute atomic E-state index is 0.125. The summed E-state index contributed by atoms with van der Waals surface area (Å²) in [7, 11) is 0. The van der Waals surface area contributed by atoms with Crippen LogP contribution in [0.15, 0.2) is 104 Å². The van der Waals surface area contributed by atoms with Crippen LogP contribution in [-0.2, 0) is 4.79 Å². The van der Waals surface area contributed by atoms with Crippen LogP contribution in [0.1, 0.15) is 35.7 Å². The fraction of sp³-hybridized carbons (Fsp3) is 0.167. The van der Waals surface area contributed by atoms with Gasteiger partial charge < -0.3 is 4.90 Å². The van der Waals surface area contributed by atoms with E-state index in [1.165, 1.54) is 10.5 Å². The SMILES string of the molecule is C=CCN(CC(=O)Nc1nc(-c2ccccc2)cn1-c1ccc(C(C)C)cc1)C(=O)c1ccccc1. The highest BCUT2D eigenvalue weighted by molar-refractivity contribution is 5.99. The summed E-state index contributed by atoms with van der Waals surface area (Å²) in [4.78, 5) is 32.3. The maximum absolute atomic E-state index is 13.1. The minimum Gasteiger partial charge on any atom is -0.326 e. The predicted octanol–water partition coefficient (Wildman–Crippen LogP) is 5.93. The fourth-order valence-electron chi connectivity index (χ4n) is 3.91. The molecule has 0 bridgehead atoms. The predicted molar refractivity (Wildman–Crippen MR) is 144 cm³/mol. The zero-order valence-electron chi connectivity index (χ0n) is 20.6. The van der Waals surface area contributed by atoms with Gasteiger partial charge in [0.25, 0.3) is 5.91 Å². The summed E-state index contributed by atoms with van der Waals surface area (Å²) in [6, 6.07) is 26.9. The first-order chi connectivity index (χ1) is 17.5. The Kier molecular flexibility index (Phi) is 7.75. The highest BCUT2D eigenvalue weighted by atomic mass is 16.2. The summed E-state index contributed by atoms with van der Waals surface area (Å²) in [5, 5.41) is 2.92. The Morgan fingerprint density at radius 2 is 1.61 bits per heavy atom. The van der Waals surface area contributed by atoms with Gasteiger partial charge in [-0.15, -0.1) is 6.58 Å². The maximum Gasteiger partial charge on any atom is 0.254 e. The average molecular weight is 479 g/mol. The number of nitrogens with one attached hydrogen (secondary N) is 1. The lowest BCUT2D eigenvalue weighted by atomic mass is 10.0. The summed E-state index contributed by atoms with van der Waals surface area (Å²) in [5.74, 6) is 0.232. The van der Waals surface area contributed by atoms with Crippen molar-refractivity contribution in [2.24, 2.45) is 0 Å². The smallest absolute Gasteiger partial charge is 0.254 e. The fourth-order valence-corrected chi connectivity index (χ4v) is 3.91. The molecule has 4 rings (SSSR count). The molecule has 0 aliphatic rings. The molecule has 0 radical (unpaired) electrons. The third-order valence-corrected chi connectivity index (χ3v) is 5.86. The molecule has 1 aromatic heterocycles. The molecule has 0 saturated carbocycles. The van der Waals surface area contributed by atoms with Crippen molar-refractivity contribution in [2.75, 3.05) is 18.4 Å². The monoisotopic (exact) mass is 478 g/mol. The first kappa shape index (κ1) is 24.7. The third-order valence-electron chi connectivity index (χ3n) is 5.86. The minimum atomic E-state index is -0.341. The summed E-state index contributed by atoms with van der Waals surface area (Å²) >= 11 is 0. The van der Waals surface area contributed by atoms with Gasteiger partial charge in [-0.25, -0.2) is 4.98 Å². The topological polar surface area (TPSA) is 67.2 Å². The third kappa shape index (κ3) is 5.78. The van der Waals surface area contributed by atoms with Crippen molar-refractivity contribution < 1.29 is 9.59 Å². The molecule has 36 heavy (non-hydrogen) atoms. The number of carbonyl (C=O) groups is 2. The van der Waals surface area contributed by atoms with Crippen LogP contribution in [0.4, 0.5) is 5.95 Å². The number of rotatable bonds is 9. The lowest BCUT2D eigenvalue weighted by Gasteiger charge is -2.20. The van der Waals surface area contributed by atoms with E-state index in [1.807, 2.05) is 59.3 Å². The van der Waals surface area contributed by atoms with E-state index in [0.717, 1.165) is 16.9 Å². The Balaban J connectivity index is 1.61. The molecule has 3 aromatic carbocycles. The highest BCUT2D eigenvalue weighted by Gasteiger charge is 2.20. The molecule has 0 aliphatic heterocycles. The number of hydrogen-bond acceptors (Lipinski definition) is 3. The summed E-state index contributed by atoms with van der Waals surface area (Å²) in [6.45, 7) is 8.16. The van der Waals surface area contributed by atoms with Crippen LogP contribution in [0.25, 0.3) is 16.9 Å². The van der Waals surface area contributed by atoms with Gasteiger partial charge in [0.15, 0.2) is 0 Å². The number of amides is 2. The Morgan fingerprint density at radius 1 is 0.972 bits per heavy atom. The molecule has 1 heterocycles. The van der Waals surface area contributed by atoms with E-state index >= 15 is 0 Å². The Labute approximate surface area is 211 Å². The highest BCUT2D eigenvalue weighted by Crippen LogP contribution is 2.25.